The molecule has 0 radical (unpaired) electrons. The highest BCUT2D eigenvalue weighted by Crippen LogP contribution is 2.14. The summed E-state index contributed by atoms with van der Waals surface area (Å²) < 4.78 is 26.5. The molecule has 1 rings (SSSR count). The lowest BCUT2D eigenvalue weighted by Crippen LogP contribution is -2.01. The first kappa shape index (κ1) is 12.1. The summed E-state index contributed by atoms with van der Waals surface area (Å²) in [7, 11) is 0. The van der Waals surface area contributed by atoms with Crippen LogP contribution in [0.15, 0.2) is 12.1 Å². The molecule has 0 fully saturated rings. The standard InChI is InChI=1S/C11H9F2NO2/c12-9-5-7(11(15)16)6-10(13)8(9)3-1-2-4-14/h5-6H,2,4,14H2,(H,15,16). The van der Waals surface area contributed by atoms with Gasteiger partial charge in [-0.15, -0.1) is 0 Å². The summed E-state index contributed by atoms with van der Waals surface area (Å²) in [6.45, 7) is 0.295. The maximum absolute atomic E-state index is 13.3. The van der Waals surface area contributed by atoms with Crippen LogP contribution in [0.4, 0.5) is 8.78 Å². The van der Waals surface area contributed by atoms with Gasteiger partial charge >= 0.3 is 5.97 Å². The smallest absolute Gasteiger partial charge is 0.335 e. The topological polar surface area (TPSA) is 63.3 Å². The lowest BCUT2D eigenvalue weighted by Gasteiger charge is -1.99. The molecule has 0 aliphatic heterocycles. The molecule has 5 heteroatoms. The first-order chi connectivity index (χ1) is 7.56. The van der Waals surface area contributed by atoms with Gasteiger partial charge in [-0.25, -0.2) is 13.6 Å². The Labute approximate surface area is 90.9 Å². The lowest BCUT2D eigenvalue weighted by atomic mass is 10.1. The van der Waals surface area contributed by atoms with Gasteiger partial charge in [0.25, 0.3) is 0 Å². The predicted octanol–water partition coefficient (Wildman–Crippen LogP) is 1.36. The minimum atomic E-state index is -1.39. The van der Waals surface area contributed by atoms with E-state index in [1.807, 2.05) is 0 Å². The van der Waals surface area contributed by atoms with E-state index in [4.69, 9.17) is 10.8 Å². The molecule has 0 unspecified atom stereocenters. The summed E-state index contributed by atoms with van der Waals surface area (Å²) in [6.07, 6.45) is 0.319. The molecule has 0 aliphatic carbocycles. The summed E-state index contributed by atoms with van der Waals surface area (Å²) in [6, 6.07) is 1.47. The van der Waals surface area contributed by atoms with Crippen LogP contribution in [0.3, 0.4) is 0 Å². The van der Waals surface area contributed by atoms with Crippen molar-refractivity contribution in [2.75, 3.05) is 6.54 Å². The second-order valence-electron chi connectivity index (χ2n) is 2.96. The molecule has 0 saturated carbocycles. The van der Waals surface area contributed by atoms with E-state index in [0.29, 0.717) is 13.0 Å². The van der Waals surface area contributed by atoms with E-state index in [9.17, 15) is 13.6 Å². The SMILES string of the molecule is NCCC#Cc1c(F)cc(C(=O)O)cc1F. The van der Waals surface area contributed by atoms with Gasteiger partial charge in [0, 0.05) is 13.0 Å². The molecule has 0 spiro atoms. The molecular weight excluding hydrogens is 216 g/mol. The molecule has 0 heterocycles. The number of carboxylic acids is 1. The third-order valence-corrected chi connectivity index (χ3v) is 1.77. The van der Waals surface area contributed by atoms with Gasteiger partial charge in [0.1, 0.15) is 11.6 Å². The minimum absolute atomic E-state index is 0.295. The molecule has 3 N–H and O–H groups in total. The fraction of sp³-hybridized carbons (Fsp3) is 0.182. The van der Waals surface area contributed by atoms with Crippen LogP contribution < -0.4 is 5.73 Å². The molecule has 0 atom stereocenters. The normalized spacial score (nSPS) is 9.44. The predicted molar refractivity (Wildman–Crippen MR) is 53.9 cm³/mol. The Hall–Kier alpha value is -1.93. The van der Waals surface area contributed by atoms with Gasteiger partial charge in [0.15, 0.2) is 0 Å². The van der Waals surface area contributed by atoms with Crippen LogP contribution in [-0.4, -0.2) is 17.6 Å². The Bertz CT molecular complexity index is 452. The van der Waals surface area contributed by atoms with Crippen molar-refractivity contribution in [3.63, 3.8) is 0 Å². The fourth-order valence-electron chi connectivity index (χ4n) is 1.04. The highest BCUT2D eigenvalue weighted by atomic mass is 19.1. The van der Waals surface area contributed by atoms with Gasteiger partial charge in [-0.2, -0.15) is 0 Å². The first-order valence-electron chi connectivity index (χ1n) is 4.47. The van der Waals surface area contributed by atoms with Gasteiger partial charge in [0.2, 0.25) is 0 Å². The Balaban J connectivity index is 3.14. The van der Waals surface area contributed by atoms with E-state index in [-0.39, 0.29) is 0 Å². The van der Waals surface area contributed by atoms with Crippen molar-refractivity contribution >= 4 is 5.97 Å². The fourth-order valence-corrected chi connectivity index (χ4v) is 1.04. The Kier molecular flexibility index (Phi) is 3.97. The second kappa shape index (κ2) is 5.24. The van der Waals surface area contributed by atoms with Gasteiger partial charge in [-0.05, 0) is 12.1 Å². The zero-order valence-corrected chi connectivity index (χ0v) is 8.26. The number of rotatable bonds is 2. The number of hydrogen-bond acceptors (Lipinski definition) is 2. The van der Waals surface area contributed by atoms with Gasteiger partial charge in [-0.3, -0.25) is 0 Å². The monoisotopic (exact) mass is 225 g/mol. The maximum Gasteiger partial charge on any atom is 0.335 e. The largest absolute Gasteiger partial charge is 0.478 e. The van der Waals surface area contributed by atoms with Crippen molar-refractivity contribution in [1.29, 1.82) is 0 Å². The number of aromatic carboxylic acids is 1. The van der Waals surface area contributed by atoms with E-state index >= 15 is 0 Å². The molecule has 3 nitrogen and oxygen atoms in total. The third kappa shape index (κ3) is 2.78. The summed E-state index contributed by atoms with van der Waals surface area (Å²) >= 11 is 0. The number of halogens is 2. The maximum atomic E-state index is 13.3. The van der Waals surface area contributed by atoms with Crippen LogP contribution in [0.25, 0.3) is 0 Å². The first-order valence-corrected chi connectivity index (χ1v) is 4.47. The number of hydrogen-bond donors (Lipinski definition) is 2. The van der Waals surface area contributed by atoms with Crippen LogP contribution in [-0.2, 0) is 0 Å². The summed E-state index contributed by atoms with van der Waals surface area (Å²) in [5.74, 6) is 1.40. The van der Waals surface area contributed by atoms with Crippen LogP contribution in [0.2, 0.25) is 0 Å². The van der Waals surface area contributed by atoms with Crippen molar-refractivity contribution in [2.45, 2.75) is 6.42 Å². The second-order valence-corrected chi connectivity index (χ2v) is 2.96. The van der Waals surface area contributed by atoms with Crippen LogP contribution in [0.5, 0.6) is 0 Å². The van der Waals surface area contributed by atoms with Crippen LogP contribution in [0, 0.1) is 23.5 Å². The molecule has 0 bridgehead atoms. The number of carboxylic acid groups (broad SMARTS) is 1. The van der Waals surface area contributed by atoms with Gasteiger partial charge in [0.05, 0.1) is 11.1 Å². The molecule has 0 amide bonds. The summed E-state index contributed by atoms with van der Waals surface area (Å²) in [4.78, 5) is 10.5. The zero-order chi connectivity index (χ0) is 12.1. The van der Waals surface area contributed by atoms with E-state index in [2.05, 4.69) is 11.8 Å². The van der Waals surface area contributed by atoms with E-state index in [1.54, 1.807) is 0 Å². The highest BCUT2D eigenvalue weighted by molar-refractivity contribution is 5.87. The molecular formula is C11H9F2NO2. The van der Waals surface area contributed by atoms with Crippen molar-refractivity contribution in [1.82, 2.24) is 0 Å². The highest BCUT2D eigenvalue weighted by Gasteiger charge is 2.12. The number of carbonyl (C=O) groups is 1. The summed E-state index contributed by atoms with van der Waals surface area (Å²) in [5, 5.41) is 8.55. The zero-order valence-electron chi connectivity index (χ0n) is 8.26. The Morgan fingerprint density at radius 2 is 1.94 bits per heavy atom. The van der Waals surface area contributed by atoms with Gasteiger partial charge in [-0.1, -0.05) is 11.8 Å². The number of benzene rings is 1. The van der Waals surface area contributed by atoms with E-state index < -0.39 is 28.7 Å². The molecule has 16 heavy (non-hydrogen) atoms. The lowest BCUT2D eigenvalue weighted by molar-refractivity contribution is 0.0695. The van der Waals surface area contributed by atoms with E-state index in [0.717, 1.165) is 12.1 Å². The number of nitrogens with two attached hydrogens (primary N) is 1. The van der Waals surface area contributed by atoms with E-state index in [1.165, 1.54) is 0 Å². The van der Waals surface area contributed by atoms with Gasteiger partial charge < -0.3 is 10.8 Å². The van der Waals surface area contributed by atoms with Crippen molar-refractivity contribution < 1.29 is 18.7 Å². The molecule has 1 aromatic carbocycles. The summed E-state index contributed by atoms with van der Waals surface area (Å²) in [5.41, 5.74) is 4.29. The van der Waals surface area contributed by atoms with Crippen LogP contribution >= 0.6 is 0 Å². The minimum Gasteiger partial charge on any atom is -0.478 e. The molecule has 0 aromatic heterocycles. The average Bonchev–Trinajstić information content (AvgIpc) is 2.21. The molecule has 1 aromatic rings. The quantitative estimate of drug-likeness (QED) is 0.747. The molecule has 0 aliphatic rings. The van der Waals surface area contributed by atoms with Crippen LogP contribution in [0.1, 0.15) is 22.3 Å². The average molecular weight is 225 g/mol. The molecule has 0 saturated heterocycles. The van der Waals surface area contributed by atoms with Crippen molar-refractivity contribution in [3.05, 3.63) is 34.9 Å². The van der Waals surface area contributed by atoms with Crippen molar-refractivity contribution in [2.24, 2.45) is 5.73 Å². The third-order valence-electron chi connectivity index (χ3n) is 1.77. The van der Waals surface area contributed by atoms with Crippen molar-refractivity contribution in [3.8, 4) is 11.8 Å². The molecule has 84 valence electrons. The Morgan fingerprint density at radius 3 is 2.38 bits per heavy atom. The Morgan fingerprint density at radius 1 is 1.38 bits per heavy atom.